The van der Waals surface area contributed by atoms with Crippen molar-refractivity contribution in [3.8, 4) is 0 Å². The monoisotopic (exact) mass is 439 g/mol. The fourth-order valence-electron chi connectivity index (χ4n) is 2.11. The predicted octanol–water partition coefficient (Wildman–Crippen LogP) is 3.91. The van der Waals surface area contributed by atoms with Crippen molar-refractivity contribution in [3.05, 3.63) is 64.4 Å². The van der Waals surface area contributed by atoms with E-state index in [-0.39, 0.29) is 10.6 Å². The highest BCUT2D eigenvalue weighted by molar-refractivity contribution is 7.89. The largest absolute Gasteiger partial charge is 0.461 e. The minimum atomic E-state index is -4.69. The number of alkyl halides is 3. The van der Waals surface area contributed by atoms with E-state index in [0.717, 1.165) is 24.3 Å². The van der Waals surface area contributed by atoms with Crippen molar-refractivity contribution < 1.29 is 35.5 Å². The number of nitrogens with one attached hydrogen (secondary N) is 1. The van der Waals surface area contributed by atoms with Crippen molar-refractivity contribution in [3.63, 3.8) is 0 Å². The van der Waals surface area contributed by atoms with Gasteiger partial charge in [-0.25, -0.2) is 17.5 Å². The zero-order valence-corrected chi connectivity index (χ0v) is 15.7. The molecule has 0 aromatic heterocycles. The van der Waals surface area contributed by atoms with Gasteiger partial charge in [0.15, 0.2) is 0 Å². The Balaban J connectivity index is 1.91. The topological polar surface area (TPSA) is 72.5 Å². The fraction of sp³-hybridized carbons (Fsp3) is 0.235. The molecule has 0 unspecified atom stereocenters. The van der Waals surface area contributed by atoms with Crippen molar-refractivity contribution in [2.24, 2.45) is 0 Å². The molecule has 5 nitrogen and oxygen atoms in total. The van der Waals surface area contributed by atoms with E-state index in [0.29, 0.717) is 6.07 Å². The van der Waals surface area contributed by atoms with Crippen LogP contribution in [0.25, 0.3) is 0 Å². The lowest BCUT2D eigenvalue weighted by molar-refractivity contribution is -0.144. The summed E-state index contributed by atoms with van der Waals surface area (Å²) in [6.45, 7) is -0.854. The van der Waals surface area contributed by atoms with Crippen molar-refractivity contribution in [2.45, 2.75) is 24.1 Å². The average molecular weight is 440 g/mol. The van der Waals surface area contributed by atoms with Crippen molar-refractivity contribution >= 4 is 27.6 Å². The van der Waals surface area contributed by atoms with Crippen LogP contribution in [0.5, 0.6) is 0 Å². The number of esters is 1. The van der Waals surface area contributed by atoms with Gasteiger partial charge >= 0.3 is 12.1 Å². The van der Waals surface area contributed by atoms with Crippen LogP contribution in [0.1, 0.15) is 17.5 Å². The summed E-state index contributed by atoms with van der Waals surface area (Å²) in [5.41, 5.74) is -1.14. The lowest BCUT2D eigenvalue weighted by atomic mass is 10.2. The summed E-state index contributed by atoms with van der Waals surface area (Å²) < 4.78 is 82.6. The highest BCUT2D eigenvalue weighted by atomic mass is 35.5. The summed E-state index contributed by atoms with van der Waals surface area (Å²) in [5, 5.41) is 0.0676. The first kappa shape index (κ1) is 22.1. The first-order chi connectivity index (χ1) is 13.0. The van der Waals surface area contributed by atoms with Crippen LogP contribution >= 0.6 is 11.6 Å². The quantitative estimate of drug-likeness (QED) is 0.524. The summed E-state index contributed by atoms with van der Waals surface area (Å²) in [4.78, 5) is 11.1. The number of hydrogen-bond acceptors (Lipinski definition) is 4. The summed E-state index contributed by atoms with van der Waals surface area (Å²) in [6, 6.07) is 7.12. The highest BCUT2D eigenvalue weighted by Crippen LogP contribution is 2.30. The van der Waals surface area contributed by atoms with E-state index in [1.807, 2.05) is 4.72 Å². The Morgan fingerprint density at radius 3 is 2.46 bits per heavy atom. The molecule has 0 radical (unpaired) electrons. The summed E-state index contributed by atoms with van der Waals surface area (Å²) in [6.07, 6.45) is -5.10. The maximum Gasteiger partial charge on any atom is 0.416 e. The molecule has 152 valence electrons. The number of benzene rings is 2. The van der Waals surface area contributed by atoms with Crippen LogP contribution in [0.15, 0.2) is 47.4 Å². The molecule has 0 spiro atoms. The molecule has 11 heteroatoms. The standard InChI is InChI=1S/C17H14ClF4NO4S/c18-14-5-2-6-15(19)13(14)10-27-16(24)7-8-23-28(25,26)12-4-1-3-11(9-12)17(20,21)22/h1-6,9,23H,7-8,10H2. The van der Waals surface area contributed by atoms with Gasteiger partial charge in [0, 0.05) is 12.1 Å². The molecule has 0 heterocycles. The predicted molar refractivity (Wildman–Crippen MR) is 92.5 cm³/mol. The molecular formula is C17H14ClF4NO4S. The average Bonchev–Trinajstić information content (AvgIpc) is 2.60. The number of halogens is 5. The maximum absolute atomic E-state index is 13.6. The van der Waals surface area contributed by atoms with Crippen LogP contribution in [-0.4, -0.2) is 20.9 Å². The molecule has 0 aliphatic carbocycles. The van der Waals surface area contributed by atoms with Crippen LogP contribution in [0.2, 0.25) is 5.02 Å². The molecule has 0 aliphatic heterocycles. The van der Waals surface area contributed by atoms with E-state index in [2.05, 4.69) is 0 Å². The second kappa shape index (κ2) is 8.89. The zero-order chi connectivity index (χ0) is 20.9. The second-order valence-electron chi connectivity index (χ2n) is 5.53. The van der Waals surface area contributed by atoms with Gasteiger partial charge in [0.2, 0.25) is 10.0 Å². The highest BCUT2D eigenvalue weighted by Gasteiger charge is 2.31. The number of sulfonamides is 1. The Morgan fingerprint density at radius 2 is 1.82 bits per heavy atom. The van der Waals surface area contributed by atoms with Crippen molar-refractivity contribution in [1.82, 2.24) is 4.72 Å². The minimum Gasteiger partial charge on any atom is -0.461 e. The van der Waals surface area contributed by atoms with E-state index in [4.69, 9.17) is 16.3 Å². The van der Waals surface area contributed by atoms with Crippen LogP contribution in [0.4, 0.5) is 17.6 Å². The lowest BCUT2D eigenvalue weighted by Crippen LogP contribution is -2.27. The Labute approximate surface area is 163 Å². The van der Waals surface area contributed by atoms with Gasteiger partial charge in [-0.3, -0.25) is 4.79 Å². The van der Waals surface area contributed by atoms with Crippen LogP contribution < -0.4 is 4.72 Å². The Hall–Kier alpha value is -2.17. The van der Waals surface area contributed by atoms with Gasteiger partial charge in [-0.05, 0) is 30.3 Å². The van der Waals surface area contributed by atoms with Gasteiger partial charge in [0.25, 0.3) is 0 Å². The minimum absolute atomic E-state index is 0.0259. The number of rotatable bonds is 7. The van der Waals surface area contributed by atoms with Gasteiger partial charge in [-0.15, -0.1) is 0 Å². The SMILES string of the molecule is O=C(CCNS(=O)(=O)c1cccc(C(F)(F)F)c1)OCc1c(F)cccc1Cl. The lowest BCUT2D eigenvalue weighted by Gasteiger charge is -2.10. The van der Waals surface area contributed by atoms with Gasteiger partial charge in [-0.2, -0.15) is 13.2 Å². The van der Waals surface area contributed by atoms with Crippen molar-refractivity contribution in [2.75, 3.05) is 6.54 Å². The van der Waals surface area contributed by atoms with E-state index in [1.165, 1.54) is 12.1 Å². The third-order valence-electron chi connectivity index (χ3n) is 3.53. The number of hydrogen-bond donors (Lipinski definition) is 1. The molecule has 2 aromatic rings. The smallest absolute Gasteiger partial charge is 0.416 e. The van der Waals surface area contributed by atoms with E-state index < -0.39 is 58.0 Å². The van der Waals surface area contributed by atoms with Gasteiger partial charge < -0.3 is 4.74 Å². The van der Waals surface area contributed by atoms with Gasteiger partial charge in [0.1, 0.15) is 12.4 Å². The molecule has 0 aliphatic rings. The fourth-order valence-corrected chi connectivity index (χ4v) is 3.40. The Kier molecular flexibility index (Phi) is 7.02. The molecule has 0 saturated heterocycles. The van der Waals surface area contributed by atoms with Gasteiger partial charge in [0.05, 0.1) is 21.9 Å². The first-order valence-electron chi connectivity index (χ1n) is 7.76. The molecule has 1 N–H and O–H groups in total. The number of carbonyl (C=O) groups is 1. The molecule has 2 rings (SSSR count). The van der Waals surface area contributed by atoms with Crippen LogP contribution in [0.3, 0.4) is 0 Å². The normalized spacial score (nSPS) is 12.0. The molecule has 0 fully saturated rings. The summed E-state index contributed by atoms with van der Waals surface area (Å²) in [5.74, 6) is -1.50. The third-order valence-corrected chi connectivity index (χ3v) is 5.34. The molecule has 0 bridgehead atoms. The molecule has 0 saturated carbocycles. The molecular weight excluding hydrogens is 426 g/mol. The number of ether oxygens (including phenoxy) is 1. The molecule has 0 atom stereocenters. The summed E-state index contributed by atoms with van der Waals surface area (Å²) >= 11 is 5.79. The van der Waals surface area contributed by atoms with Gasteiger partial charge in [-0.1, -0.05) is 23.7 Å². The van der Waals surface area contributed by atoms with Crippen molar-refractivity contribution in [1.29, 1.82) is 0 Å². The maximum atomic E-state index is 13.6. The summed E-state index contributed by atoms with van der Waals surface area (Å²) in [7, 11) is -4.26. The molecule has 2 aromatic carbocycles. The van der Waals surface area contributed by atoms with Crippen LogP contribution in [-0.2, 0) is 32.3 Å². The second-order valence-corrected chi connectivity index (χ2v) is 7.71. The van der Waals surface area contributed by atoms with E-state index in [1.54, 1.807) is 0 Å². The Morgan fingerprint density at radius 1 is 1.14 bits per heavy atom. The van der Waals surface area contributed by atoms with E-state index in [9.17, 15) is 30.8 Å². The molecule has 0 amide bonds. The first-order valence-corrected chi connectivity index (χ1v) is 9.62. The van der Waals surface area contributed by atoms with E-state index >= 15 is 0 Å². The van der Waals surface area contributed by atoms with Crippen LogP contribution in [0, 0.1) is 5.82 Å². The number of carbonyl (C=O) groups excluding carboxylic acids is 1. The zero-order valence-electron chi connectivity index (χ0n) is 14.1. The third kappa shape index (κ3) is 5.91. The Bertz CT molecular complexity index is 944. The molecule has 28 heavy (non-hydrogen) atoms.